The van der Waals surface area contributed by atoms with Crippen molar-refractivity contribution in [3.05, 3.63) is 65.8 Å². The molecule has 7 heteroatoms. The van der Waals surface area contributed by atoms with Crippen molar-refractivity contribution in [2.24, 2.45) is 0 Å². The molecule has 31 heavy (non-hydrogen) atoms. The van der Waals surface area contributed by atoms with Gasteiger partial charge in [0.2, 0.25) is 0 Å². The lowest BCUT2D eigenvalue weighted by Gasteiger charge is -2.25. The van der Waals surface area contributed by atoms with Crippen LogP contribution in [0, 0.1) is 0 Å². The molecule has 4 aromatic rings. The van der Waals surface area contributed by atoms with Crippen molar-refractivity contribution in [2.45, 2.75) is 6.04 Å². The molecule has 160 valence electrons. The van der Waals surface area contributed by atoms with Crippen LogP contribution in [0.3, 0.4) is 0 Å². The first-order valence-corrected chi connectivity index (χ1v) is 10.9. The molecule has 0 saturated carbocycles. The molecule has 0 unspecified atom stereocenters. The number of hydrogen-bond donors (Lipinski definition) is 1. The van der Waals surface area contributed by atoms with Gasteiger partial charge in [-0.1, -0.05) is 24.3 Å². The number of fused-ring (bicyclic) bond motifs is 1. The van der Waals surface area contributed by atoms with Gasteiger partial charge in [-0.15, -0.1) is 11.3 Å². The average molecular weight is 435 g/mol. The molecule has 6 nitrogen and oxygen atoms in total. The zero-order chi connectivity index (χ0) is 21.8. The predicted octanol–water partition coefficient (Wildman–Crippen LogP) is 5.09. The Bertz CT molecular complexity index is 1140. The topological polar surface area (TPSA) is 59.5 Å². The van der Waals surface area contributed by atoms with Gasteiger partial charge in [0, 0.05) is 17.5 Å². The number of methoxy groups -OCH3 is 2. The van der Waals surface area contributed by atoms with Crippen LogP contribution < -0.4 is 14.8 Å². The van der Waals surface area contributed by atoms with Crippen LogP contribution in [0.15, 0.2) is 60.2 Å². The van der Waals surface area contributed by atoms with Crippen LogP contribution in [0.25, 0.3) is 21.3 Å². The van der Waals surface area contributed by atoms with E-state index >= 15 is 0 Å². The molecule has 0 radical (unpaired) electrons. The summed E-state index contributed by atoms with van der Waals surface area (Å²) in [4.78, 5) is 12.2. The lowest BCUT2D eigenvalue weighted by atomic mass is 10.0. The summed E-state index contributed by atoms with van der Waals surface area (Å²) in [5, 5.41) is 6.76. The van der Waals surface area contributed by atoms with Gasteiger partial charge in [0.05, 0.1) is 25.6 Å². The first-order valence-electron chi connectivity index (χ1n) is 10.0. The maximum absolute atomic E-state index is 5.29. The van der Waals surface area contributed by atoms with Gasteiger partial charge in [0.1, 0.15) is 28.5 Å². The molecule has 0 spiro atoms. The van der Waals surface area contributed by atoms with Gasteiger partial charge in [-0.3, -0.25) is 0 Å². The lowest BCUT2D eigenvalue weighted by molar-refractivity contribution is 0.311. The minimum Gasteiger partial charge on any atom is -0.497 e. The summed E-state index contributed by atoms with van der Waals surface area (Å²) < 4.78 is 10.6. The number of ether oxygens (including phenoxy) is 2. The average Bonchev–Trinajstić information content (AvgIpc) is 3.24. The molecule has 0 bridgehead atoms. The summed E-state index contributed by atoms with van der Waals surface area (Å²) >= 11 is 1.63. The number of nitrogens with zero attached hydrogens (tertiary/aromatic N) is 3. The Hall–Kier alpha value is -3.16. The molecule has 2 heterocycles. The Balaban J connectivity index is 1.63. The minimum atomic E-state index is 0.180. The van der Waals surface area contributed by atoms with Crippen LogP contribution in [0.1, 0.15) is 11.6 Å². The molecule has 2 aromatic carbocycles. The maximum atomic E-state index is 5.29. The number of anilines is 1. The SMILES string of the molecule is COc1ccc(-c2csc3ncnc(NC[C@@H](c4ccc(OC)cc4)N(C)C)c23)cc1. The van der Waals surface area contributed by atoms with Crippen LogP contribution in [-0.4, -0.2) is 49.7 Å². The Labute approximate surface area is 186 Å². The molecule has 2 aromatic heterocycles. The summed E-state index contributed by atoms with van der Waals surface area (Å²) in [5.41, 5.74) is 3.45. The fraction of sp³-hybridized carbons (Fsp3) is 0.250. The van der Waals surface area contributed by atoms with Gasteiger partial charge in [-0.25, -0.2) is 9.97 Å². The lowest BCUT2D eigenvalue weighted by Crippen LogP contribution is -2.27. The third kappa shape index (κ3) is 4.47. The van der Waals surface area contributed by atoms with Crippen LogP contribution in [0.4, 0.5) is 5.82 Å². The van der Waals surface area contributed by atoms with Crippen molar-refractivity contribution in [1.29, 1.82) is 0 Å². The van der Waals surface area contributed by atoms with E-state index in [9.17, 15) is 0 Å². The van der Waals surface area contributed by atoms with E-state index in [2.05, 4.69) is 63.9 Å². The molecule has 1 atom stereocenters. The molecule has 1 N–H and O–H groups in total. The number of thiophene rings is 1. The smallest absolute Gasteiger partial charge is 0.138 e. The standard InChI is InChI=1S/C24H26N4O2S/c1-28(2)21(17-7-11-19(30-4)12-8-17)13-25-23-22-20(14-31-24(22)27-15-26-23)16-5-9-18(29-3)10-6-16/h5-12,14-15,21H,13H2,1-4H3,(H,25,26,27)/t21-/m0/s1. The fourth-order valence-corrected chi connectivity index (χ4v) is 4.53. The summed E-state index contributed by atoms with van der Waals surface area (Å²) in [6.07, 6.45) is 1.62. The molecule has 0 aliphatic heterocycles. The van der Waals surface area contributed by atoms with Gasteiger partial charge >= 0.3 is 0 Å². The summed E-state index contributed by atoms with van der Waals surface area (Å²) in [6, 6.07) is 16.5. The molecule has 4 rings (SSSR count). The third-order valence-electron chi connectivity index (χ3n) is 5.36. The normalized spacial score (nSPS) is 12.2. The van der Waals surface area contributed by atoms with Crippen molar-refractivity contribution >= 4 is 27.4 Å². The predicted molar refractivity (Wildman–Crippen MR) is 127 cm³/mol. The van der Waals surface area contributed by atoms with E-state index in [1.807, 2.05) is 24.3 Å². The zero-order valence-corrected chi connectivity index (χ0v) is 18.9. The first-order chi connectivity index (χ1) is 15.1. The molecule has 0 aliphatic rings. The van der Waals surface area contributed by atoms with E-state index in [1.54, 1.807) is 31.9 Å². The third-order valence-corrected chi connectivity index (χ3v) is 6.24. The minimum absolute atomic E-state index is 0.180. The number of benzene rings is 2. The highest BCUT2D eigenvalue weighted by molar-refractivity contribution is 7.17. The fourth-order valence-electron chi connectivity index (χ4n) is 3.61. The van der Waals surface area contributed by atoms with Gasteiger partial charge in [-0.2, -0.15) is 0 Å². The van der Waals surface area contributed by atoms with E-state index in [0.717, 1.165) is 38.7 Å². The van der Waals surface area contributed by atoms with E-state index < -0.39 is 0 Å². The highest BCUT2D eigenvalue weighted by atomic mass is 32.1. The van der Waals surface area contributed by atoms with E-state index in [0.29, 0.717) is 6.54 Å². The van der Waals surface area contributed by atoms with Crippen molar-refractivity contribution < 1.29 is 9.47 Å². The second-order valence-corrected chi connectivity index (χ2v) is 8.27. The quantitative estimate of drug-likeness (QED) is 0.417. The number of rotatable bonds is 8. The van der Waals surface area contributed by atoms with Crippen molar-refractivity contribution in [2.75, 3.05) is 40.2 Å². The Morgan fingerprint density at radius 3 is 2.19 bits per heavy atom. The number of aromatic nitrogens is 2. The molecular formula is C24H26N4O2S. The van der Waals surface area contributed by atoms with E-state index in [4.69, 9.17) is 9.47 Å². The first kappa shape index (κ1) is 21.1. The monoisotopic (exact) mass is 434 g/mol. The number of nitrogens with one attached hydrogen (secondary N) is 1. The van der Waals surface area contributed by atoms with Crippen LogP contribution in [0.2, 0.25) is 0 Å². The number of hydrogen-bond acceptors (Lipinski definition) is 7. The van der Waals surface area contributed by atoms with Crippen molar-refractivity contribution in [3.63, 3.8) is 0 Å². The van der Waals surface area contributed by atoms with Gasteiger partial charge in [0.15, 0.2) is 0 Å². The van der Waals surface area contributed by atoms with Crippen molar-refractivity contribution in [1.82, 2.24) is 14.9 Å². The van der Waals surface area contributed by atoms with Gasteiger partial charge in [0.25, 0.3) is 0 Å². The van der Waals surface area contributed by atoms with Gasteiger partial charge < -0.3 is 19.7 Å². The summed E-state index contributed by atoms with van der Waals surface area (Å²) in [7, 11) is 7.52. The zero-order valence-electron chi connectivity index (χ0n) is 18.1. The second-order valence-electron chi connectivity index (χ2n) is 7.41. The highest BCUT2D eigenvalue weighted by Gasteiger charge is 2.17. The molecule has 0 fully saturated rings. The molecule has 0 saturated heterocycles. The molecule has 0 amide bonds. The Morgan fingerprint density at radius 2 is 1.58 bits per heavy atom. The van der Waals surface area contributed by atoms with Crippen molar-refractivity contribution in [3.8, 4) is 22.6 Å². The largest absolute Gasteiger partial charge is 0.497 e. The summed E-state index contributed by atoms with van der Waals surface area (Å²) in [6.45, 7) is 0.712. The molecule has 0 aliphatic carbocycles. The van der Waals surface area contributed by atoms with Crippen LogP contribution in [0.5, 0.6) is 11.5 Å². The Morgan fingerprint density at radius 1 is 0.935 bits per heavy atom. The Kier molecular flexibility index (Phi) is 6.34. The highest BCUT2D eigenvalue weighted by Crippen LogP contribution is 2.37. The molecular weight excluding hydrogens is 408 g/mol. The number of likely N-dealkylation sites (N-methyl/N-ethyl adjacent to an activating group) is 1. The van der Waals surface area contributed by atoms with Crippen LogP contribution >= 0.6 is 11.3 Å². The maximum Gasteiger partial charge on any atom is 0.138 e. The second kappa shape index (κ2) is 9.32. The summed E-state index contributed by atoms with van der Waals surface area (Å²) in [5.74, 6) is 2.54. The van der Waals surface area contributed by atoms with Gasteiger partial charge in [-0.05, 0) is 49.5 Å². The van der Waals surface area contributed by atoms with Crippen LogP contribution in [-0.2, 0) is 0 Å². The van der Waals surface area contributed by atoms with E-state index in [1.165, 1.54) is 5.56 Å². The van der Waals surface area contributed by atoms with E-state index in [-0.39, 0.29) is 6.04 Å².